The van der Waals surface area contributed by atoms with Gasteiger partial charge in [-0.3, -0.25) is 4.79 Å². The van der Waals surface area contributed by atoms with Crippen molar-refractivity contribution in [3.63, 3.8) is 0 Å². The van der Waals surface area contributed by atoms with Crippen molar-refractivity contribution in [1.82, 2.24) is 10.6 Å². The summed E-state index contributed by atoms with van der Waals surface area (Å²) in [5.41, 5.74) is 5.56. The second-order valence-corrected chi connectivity index (χ2v) is 3.18. The Labute approximate surface area is 95.2 Å². The van der Waals surface area contributed by atoms with Crippen LogP contribution >= 0.6 is 0 Å². The van der Waals surface area contributed by atoms with Crippen LogP contribution in [0.5, 0.6) is 0 Å². The number of ether oxygens (including phenoxy) is 1. The molecule has 0 unspecified atom stereocenters. The molecule has 0 bridgehead atoms. The van der Waals surface area contributed by atoms with Crippen molar-refractivity contribution in [2.75, 3.05) is 20.2 Å². The highest BCUT2D eigenvalue weighted by Crippen LogP contribution is 1.93. The van der Waals surface area contributed by atoms with E-state index in [9.17, 15) is 9.59 Å². The van der Waals surface area contributed by atoms with Crippen molar-refractivity contribution in [2.24, 2.45) is 5.73 Å². The fourth-order valence-corrected chi connectivity index (χ4v) is 1.01. The lowest BCUT2D eigenvalue weighted by molar-refractivity contribution is -0.122. The zero-order chi connectivity index (χ0) is 12.4. The van der Waals surface area contributed by atoms with Crippen LogP contribution in [0.1, 0.15) is 12.8 Å². The van der Waals surface area contributed by atoms with Crippen LogP contribution in [0.4, 0.5) is 4.79 Å². The number of hydrogen-bond donors (Lipinski definition) is 3. The maximum atomic E-state index is 11.0. The minimum absolute atomic E-state index is 0.184. The largest absolute Gasteiger partial charge is 0.445 e. The van der Waals surface area contributed by atoms with Gasteiger partial charge in [0.05, 0.1) is 6.04 Å². The van der Waals surface area contributed by atoms with Crippen molar-refractivity contribution >= 4 is 12.0 Å². The van der Waals surface area contributed by atoms with Gasteiger partial charge in [0.1, 0.15) is 6.61 Å². The molecule has 4 N–H and O–H groups in total. The summed E-state index contributed by atoms with van der Waals surface area (Å²) in [5, 5.41) is 4.99. The number of likely N-dealkylation sites (N-methyl/N-ethyl adjacent to an activating group) is 1. The molecule has 0 aromatic heterocycles. The third kappa shape index (κ3) is 6.83. The van der Waals surface area contributed by atoms with Gasteiger partial charge in [-0.25, -0.2) is 4.79 Å². The number of carbonyl (C=O) groups is 2. The zero-order valence-corrected chi connectivity index (χ0v) is 9.49. The average molecular weight is 229 g/mol. The number of nitrogens with two attached hydrogens (primary N) is 1. The molecule has 0 saturated carbocycles. The highest BCUT2D eigenvalue weighted by Gasteiger charge is 2.10. The Morgan fingerprint density at radius 2 is 2.25 bits per heavy atom. The van der Waals surface area contributed by atoms with Gasteiger partial charge in [0, 0.05) is 13.6 Å². The van der Waals surface area contributed by atoms with E-state index < -0.39 is 12.1 Å². The maximum absolute atomic E-state index is 11.0. The molecule has 0 radical (unpaired) electrons. The SMILES string of the molecule is C=CCOC(=O)NCCC[C@H](N)C(=O)NC. The molecule has 0 aliphatic carbocycles. The lowest BCUT2D eigenvalue weighted by atomic mass is 10.1. The number of hydrogen-bond acceptors (Lipinski definition) is 4. The van der Waals surface area contributed by atoms with Gasteiger partial charge < -0.3 is 21.1 Å². The van der Waals surface area contributed by atoms with Crippen molar-refractivity contribution in [3.05, 3.63) is 12.7 Å². The molecular weight excluding hydrogens is 210 g/mol. The fraction of sp³-hybridized carbons (Fsp3) is 0.600. The van der Waals surface area contributed by atoms with Gasteiger partial charge in [0.2, 0.25) is 5.91 Å². The molecule has 0 heterocycles. The second-order valence-electron chi connectivity index (χ2n) is 3.18. The first-order valence-electron chi connectivity index (χ1n) is 5.10. The average Bonchev–Trinajstić information content (AvgIpc) is 2.30. The first-order valence-corrected chi connectivity index (χ1v) is 5.10. The molecule has 0 fully saturated rings. The van der Waals surface area contributed by atoms with Gasteiger partial charge in [-0.05, 0) is 12.8 Å². The van der Waals surface area contributed by atoms with Crippen molar-refractivity contribution in [2.45, 2.75) is 18.9 Å². The summed E-state index contributed by atoms with van der Waals surface area (Å²) >= 11 is 0. The third-order valence-corrected chi connectivity index (χ3v) is 1.88. The smallest absolute Gasteiger partial charge is 0.407 e. The minimum atomic E-state index is -0.531. The molecule has 92 valence electrons. The van der Waals surface area contributed by atoms with Gasteiger partial charge in [-0.2, -0.15) is 0 Å². The number of amides is 2. The standard InChI is InChI=1S/C10H19N3O3/c1-3-7-16-10(15)13-6-4-5-8(11)9(14)12-2/h3,8H,1,4-7,11H2,2H3,(H,12,14)(H,13,15)/t8-/m0/s1. The van der Waals surface area contributed by atoms with Gasteiger partial charge in [0.15, 0.2) is 0 Å². The Bertz CT molecular complexity index is 243. The monoisotopic (exact) mass is 229 g/mol. The topological polar surface area (TPSA) is 93.4 Å². The molecule has 1 atom stereocenters. The Morgan fingerprint density at radius 3 is 2.81 bits per heavy atom. The summed E-state index contributed by atoms with van der Waals surface area (Å²) in [5.74, 6) is -0.200. The molecule has 16 heavy (non-hydrogen) atoms. The molecule has 0 aliphatic rings. The van der Waals surface area contributed by atoms with Crippen LogP contribution in [-0.2, 0) is 9.53 Å². The van der Waals surface area contributed by atoms with E-state index >= 15 is 0 Å². The molecule has 0 aliphatic heterocycles. The molecule has 0 aromatic rings. The van der Waals surface area contributed by atoms with Gasteiger partial charge >= 0.3 is 6.09 Å². The minimum Gasteiger partial charge on any atom is -0.445 e. The number of alkyl carbamates (subject to hydrolysis) is 1. The molecular formula is C10H19N3O3. The Hall–Kier alpha value is -1.56. The van der Waals surface area contributed by atoms with E-state index in [0.717, 1.165) is 0 Å². The Balaban J connectivity index is 3.49. The highest BCUT2D eigenvalue weighted by atomic mass is 16.5. The van der Waals surface area contributed by atoms with Crippen LogP contribution < -0.4 is 16.4 Å². The van der Waals surface area contributed by atoms with E-state index in [2.05, 4.69) is 21.9 Å². The summed E-state index contributed by atoms with van der Waals surface area (Å²) < 4.78 is 4.69. The normalized spacial score (nSPS) is 11.4. The van der Waals surface area contributed by atoms with E-state index in [1.807, 2.05) is 0 Å². The van der Waals surface area contributed by atoms with E-state index in [0.29, 0.717) is 19.4 Å². The van der Waals surface area contributed by atoms with Gasteiger partial charge in [0.25, 0.3) is 0 Å². The Morgan fingerprint density at radius 1 is 1.56 bits per heavy atom. The van der Waals surface area contributed by atoms with Crippen LogP contribution in [0.15, 0.2) is 12.7 Å². The first kappa shape index (κ1) is 14.4. The van der Waals surface area contributed by atoms with E-state index in [-0.39, 0.29) is 12.5 Å². The van der Waals surface area contributed by atoms with Crippen molar-refractivity contribution in [1.29, 1.82) is 0 Å². The molecule has 0 spiro atoms. The second kappa shape index (κ2) is 8.72. The van der Waals surface area contributed by atoms with Crippen LogP contribution in [0.2, 0.25) is 0 Å². The number of carbonyl (C=O) groups excluding carboxylic acids is 2. The molecule has 0 aromatic carbocycles. The predicted octanol–water partition coefficient (Wildman–Crippen LogP) is -0.248. The van der Waals surface area contributed by atoms with E-state index in [1.54, 1.807) is 0 Å². The first-order chi connectivity index (χ1) is 7.61. The quantitative estimate of drug-likeness (QED) is 0.414. The van der Waals surface area contributed by atoms with Crippen molar-refractivity contribution < 1.29 is 14.3 Å². The molecule has 0 rings (SSSR count). The van der Waals surface area contributed by atoms with Crippen LogP contribution in [0.3, 0.4) is 0 Å². The van der Waals surface area contributed by atoms with Crippen LogP contribution in [0, 0.1) is 0 Å². The summed E-state index contributed by atoms with van der Waals surface area (Å²) in [4.78, 5) is 22.0. The Kier molecular flexibility index (Phi) is 7.87. The number of nitrogens with one attached hydrogen (secondary N) is 2. The van der Waals surface area contributed by atoms with Gasteiger partial charge in [-0.1, -0.05) is 12.7 Å². The van der Waals surface area contributed by atoms with Crippen LogP contribution in [0.25, 0.3) is 0 Å². The summed E-state index contributed by atoms with van der Waals surface area (Å²) in [6, 6.07) is -0.531. The molecule has 2 amide bonds. The lowest BCUT2D eigenvalue weighted by Gasteiger charge is -2.10. The zero-order valence-electron chi connectivity index (χ0n) is 9.49. The molecule has 6 nitrogen and oxygen atoms in total. The predicted molar refractivity (Wildman–Crippen MR) is 60.8 cm³/mol. The molecule has 6 heteroatoms. The third-order valence-electron chi connectivity index (χ3n) is 1.88. The lowest BCUT2D eigenvalue weighted by Crippen LogP contribution is -2.39. The maximum Gasteiger partial charge on any atom is 0.407 e. The highest BCUT2D eigenvalue weighted by molar-refractivity contribution is 5.81. The van der Waals surface area contributed by atoms with Crippen molar-refractivity contribution in [3.8, 4) is 0 Å². The van der Waals surface area contributed by atoms with Crippen LogP contribution in [-0.4, -0.2) is 38.2 Å². The summed E-state index contributed by atoms with van der Waals surface area (Å²) in [7, 11) is 1.53. The van der Waals surface area contributed by atoms with E-state index in [1.165, 1.54) is 13.1 Å². The number of rotatable bonds is 7. The summed E-state index contributed by atoms with van der Waals surface area (Å²) in [6.45, 7) is 4.03. The fourth-order valence-electron chi connectivity index (χ4n) is 1.01. The molecule has 0 saturated heterocycles. The van der Waals surface area contributed by atoms with E-state index in [4.69, 9.17) is 5.73 Å². The summed E-state index contributed by atoms with van der Waals surface area (Å²) in [6.07, 6.45) is 2.13. The van der Waals surface area contributed by atoms with Gasteiger partial charge in [-0.15, -0.1) is 0 Å².